The van der Waals surface area contributed by atoms with Crippen molar-refractivity contribution in [2.24, 2.45) is 11.8 Å². The number of carbonyl (C=O) groups excluding carboxylic acids is 1. The molecule has 1 aliphatic heterocycles. The van der Waals surface area contributed by atoms with Crippen LogP contribution in [0.3, 0.4) is 0 Å². The highest BCUT2D eigenvalue weighted by molar-refractivity contribution is 5.78. The van der Waals surface area contributed by atoms with Crippen molar-refractivity contribution < 1.29 is 4.79 Å². The van der Waals surface area contributed by atoms with Crippen LogP contribution < -0.4 is 5.32 Å². The van der Waals surface area contributed by atoms with Gasteiger partial charge in [0.1, 0.15) is 5.82 Å². The van der Waals surface area contributed by atoms with Crippen LogP contribution >= 0.6 is 0 Å². The number of rotatable bonds is 5. The Labute approximate surface area is 133 Å². The van der Waals surface area contributed by atoms with Crippen LogP contribution in [0.1, 0.15) is 52.3 Å². The number of aromatic nitrogens is 3. The first-order chi connectivity index (χ1) is 10.4. The lowest BCUT2D eigenvalue weighted by atomic mass is 10.2. The molecule has 0 fully saturated rings. The molecule has 1 aromatic heterocycles. The number of hydrogen-bond donors (Lipinski definition) is 1. The lowest BCUT2D eigenvalue weighted by molar-refractivity contribution is -0.124. The maximum Gasteiger partial charge on any atom is 0.223 e. The van der Waals surface area contributed by atoms with Gasteiger partial charge in [0.2, 0.25) is 5.91 Å². The van der Waals surface area contributed by atoms with E-state index in [1.807, 2.05) is 20.8 Å². The molecule has 1 amide bonds. The Hall–Kier alpha value is -1.43. The summed E-state index contributed by atoms with van der Waals surface area (Å²) in [6.07, 6.45) is 0.921. The Kier molecular flexibility index (Phi) is 5.56. The molecule has 2 rings (SSSR count). The SMILES string of the molecule is CC(C)CN1CCc2nnc([C@@H](C)NC(=O)C(C)C)n2CC1. The quantitative estimate of drug-likeness (QED) is 0.898. The van der Waals surface area contributed by atoms with Gasteiger partial charge in [0, 0.05) is 38.5 Å². The zero-order valence-electron chi connectivity index (χ0n) is 14.5. The largest absolute Gasteiger partial charge is 0.346 e. The molecule has 1 atom stereocenters. The van der Waals surface area contributed by atoms with Crippen LogP contribution in [0.25, 0.3) is 0 Å². The fourth-order valence-electron chi connectivity index (χ4n) is 2.85. The van der Waals surface area contributed by atoms with Gasteiger partial charge < -0.3 is 14.8 Å². The Morgan fingerprint density at radius 2 is 1.86 bits per heavy atom. The summed E-state index contributed by atoms with van der Waals surface area (Å²) in [5, 5.41) is 11.7. The number of fused-ring (bicyclic) bond motifs is 1. The molecule has 0 spiro atoms. The number of nitrogens with zero attached hydrogens (tertiary/aromatic N) is 4. The van der Waals surface area contributed by atoms with Crippen LogP contribution in [0, 0.1) is 11.8 Å². The van der Waals surface area contributed by atoms with Crippen molar-refractivity contribution in [3.63, 3.8) is 0 Å². The molecule has 22 heavy (non-hydrogen) atoms. The van der Waals surface area contributed by atoms with Gasteiger partial charge in [-0.3, -0.25) is 4.79 Å². The zero-order valence-corrected chi connectivity index (χ0v) is 14.5. The molecule has 1 aliphatic rings. The van der Waals surface area contributed by atoms with E-state index >= 15 is 0 Å². The second-order valence-electron chi connectivity index (χ2n) is 6.96. The normalized spacial score (nSPS) is 17.4. The number of carbonyl (C=O) groups is 1. The minimum atomic E-state index is -0.104. The van der Waals surface area contributed by atoms with E-state index in [2.05, 4.69) is 38.8 Å². The van der Waals surface area contributed by atoms with Crippen molar-refractivity contribution >= 4 is 5.91 Å². The third-order valence-corrected chi connectivity index (χ3v) is 4.04. The van der Waals surface area contributed by atoms with Gasteiger partial charge in [-0.2, -0.15) is 0 Å². The van der Waals surface area contributed by atoms with Gasteiger partial charge in [-0.15, -0.1) is 10.2 Å². The zero-order chi connectivity index (χ0) is 16.3. The average Bonchev–Trinajstić information content (AvgIpc) is 2.74. The maximum absolute atomic E-state index is 11.9. The minimum Gasteiger partial charge on any atom is -0.346 e. The van der Waals surface area contributed by atoms with E-state index in [4.69, 9.17) is 0 Å². The molecule has 1 aromatic rings. The van der Waals surface area contributed by atoms with Gasteiger partial charge in [-0.05, 0) is 12.8 Å². The van der Waals surface area contributed by atoms with Crippen molar-refractivity contribution in [1.29, 1.82) is 0 Å². The summed E-state index contributed by atoms with van der Waals surface area (Å²) in [6.45, 7) is 14.3. The highest BCUT2D eigenvalue weighted by atomic mass is 16.1. The van der Waals surface area contributed by atoms with E-state index in [9.17, 15) is 4.79 Å². The fraction of sp³-hybridized carbons (Fsp3) is 0.812. The fourth-order valence-corrected chi connectivity index (χ4v) is 2.85. The molecule has 0 unspecified atom stereocenters. The predicted molar refractivity (Wildman–Crippen MR) is 86.4 cm³/mol. The Morgan fingerprint density at radius 3 is 2.50 bits per heavy atom. The summed E-state index contributed by atoms with van der Waals surface area (Å²) in [5.74, 6) is 2.62. The van der Waals surface area contributed by atoms with Crippen LogP contribution in [0.5, 0.6) is 0 Å². The number of hydrogen-bond acceptors (Lipinski definition) is 4. The molecule has 0 bridgehead atoms. The molecule has 6 nitrogen and oxygen atoms in total. The van der Waals surface area contributed by atoms with Crippen LogP contribution in [0.2, 0.25) is 0 Å². The van der Waals surface area contributed by atoms with Gasteiger partial charge in [0.25, 0.3) is 0 Å². The third kappa shape index (κ3) is 4.06. The molecule has 124 valence electrons. The summed E-state index contributed by atoms with van der Waals surface area (Å²) < 4.78 is 2.19. The minimum absolute atomic E-state index is 0.0180. The first-order valence-corrected chi connectivity index (χ1v) is 8.33. The Morgan fingerprint density at radius 1 is 1.14 bits per heavy atom. The summed E-state index contributed by atoms with van der Waals surface area (Å²) >= 11 is 0. The van der Waals surface area contributed by atoms with Gasteiger partial charge in [0.05, 0.1) is 6.04 Å². The van der Waals surface area contributed by atoms with Gasteiger partial charge in [0.15, 0.2) is 5.82 Å². The summed E-state index contributed by atoms with van der Waals surface area (Å²) in [4.78, 5) is 14.4. The standard InChI is InChI=1S/C16H29N5O/c1-11(2)10-20-7-6-14-18-19-15(21(14)9-8-20)13(5)17-16(22)12(3)4/h11-13H,6-10H2,1-5H3,(H,17,22)/t13-/m1/s1. The Bertz CT molecular complexity index is 509. The smallest absolute Gasteiger partial charge is 0.223 e. The summed E-state index contributed by atoms with van der Waals surface area (Å²) in [7, 11) is 0. The van der Waals surface area contributed by atoms with E-state index in [1.165, 1.54) is 0 Å². The number of amides is 1. The van der Waals surface area contributed by atoms with Gasteiger partial charge in [-0.25, -0.2) is 0 Å². The van der Waals surface area contributed by atoms with E-state index in [0.29, 0.717) is 5.92 Å². The Balaban J connectivity index is 2.06. The number of nitrogens with one attached hydrogen (secondary N) is 1. The summed E-state index contributed by atoms with van der Waals surface area (Å²) in [6, 6.07) is -0.104. The second kappa shape index (κ2) is 7.22. The molecule has 0 saturated carbocycles. The van der Waals surface area contributed by atoms with Crippen LogP contribution in [-0.4, -0.2) is 45.2 Å². The monoisotopic (exact) mass is 307 g/mol. The highest BCUT2D eigenvalue weighted by Gasteiger charge is 2.23. The molecular weight excluding hydrogens is 278 g/mol. The van der Waals surface area contributed by atoms with Gasteiger partial charge in [-0.1, -0.05) is 27.7 Å². The first-order valence-electron chi connectivity index (χ1n) is 8.33. The highest BCUT2D eigenvalue weighted by Crippen LogP contribution is 2.16. The van der Waals surface area contributed by atoms with Crippen molar-refractivity contribution in [1.82, 2.24) is 25.0 Å². The lowest BCUT2D eigenvalue weighted by Gasteiger charge is -2.22. The van der Waals surface area contributed by atoms with Crippen LogP contribution in [-0.2, 0) is 17.8 Å². The van der Waals surface area contributed by atoms with Crippen molar-refractivity contribution in [3.05, 3.63) is 11.6 Å². The molecular formula is C16H29N5O. The van der Waals surface area contributed by atoms with Crippen molar-refractivity contribution in [2.75, 3.05) is 19.6 Å². The van der Waals surface area contributed by atoms with Crippen LogP contribution in [0.4, 0.5) is 0 Å². The van der Waals surface area contributed by atoms with Crippen molar-refractivity contribution in [3.8, 4) is 0 Å². The molecule has 2 heterocycles. The summed E-state index contributed by atoms with van der Waals surface area (Å²) in [5.41, 5.74) is 0. The van der Waals surface area contributed by atoms with Crippen LogP contribution in [0.15, 0.2) is 0 Å². The first kappa shape index (κ1) is 16.9. The molecule has 0 aliphatic carbocycles. The van der Waals surface area contributed by atoms with E-state index in [-0.39, 0.29) is 17.9 Å². The molecule has 6 heteroatoms. The average molecular weight is 307 g/mol. The van der Waals surface area contributed by atoms with Crippen molar-refractivity contribution in [2.45, 2.75) is 53.6 Å². The molecule has 1 N–H and O–H groups in total. The predicted octanol–water partition coefficient (Wildman–Crippen LogP) is 1.63. The molecule has 0 saturated heterocycles. The molecule has 0 radical (unpaired) electrons. The third-order valence-electron chi connectivity index (χ3n) is 4.04. The maximum atomic E-state index is 11.9. The van der Waals surface area contributed by atoms with E-state index in [1.54, 1.807) is 0 Å². The van der Waals surface area contributed by atoms with E-state index in [0.717, 1.165) is 44.2 Å². The van der Waals surface area contributed by atoms with E-state index < -0.39 is 0 Å². The van der Waals surface area contributed by atoms with Gasteiger partial charge >= 0.3 is 0 Å². The topological polar surface area (TPSA) is 63.1 Å². The molecule has 0 aromatic carbocycles. The second-order valence-corrected chi connectivity index (χ2v) is 6.96. The lowest BCUT2D eigenvalue weighted by Crippen LogP contribution is -2.33.